The van der Waals surface area contributed by atoms with E-state index in [1.807, 2.05) is 0 Å². The number of rotatable bonds is 5. The Labute approximate surface area is 98.6 Å². The summed E-state index contributed by atoms with van der Waals surface area (Å²) >= 11 is 0. The summed E-state index contributed by atoms with van der Waals surface area (Å²) in [5, 5.41) is 15.2. The normalized spacial score (nSPS) is 12.2. The molecule has 0 fully saturated rings. The number of carboxylic acids is 1. The molecule has 1 amide bonds. The van der Waals surface area contributed by atoms with Crippen molar-refractivity contribution in [2.45, 2.75) is 25.8 Å². The Hall–Kier alpha value is -1.89. The smallest absolute Gasteiger partial charge is 0.303 e. The quantitative estimate of drug-likeness (QED) is 0.663. The van der Waals surface area contributed by atoms with Crippen LogP contribution in [0, 0.1) is 6.92 Å². The summed E-state index contributed by atoms with van der Waals surface area (Å²) in [6, 6.07) is -0.828. The largest absolute Gasteiger partial charge is 0.481 e. The van der Waals surface area contributed by atoms with E-state index in [-0.39, 0.29) is 12.8 Å². The predicted molar refractivity (Wildman–Crippen MR) is 61.4 cm³/mol. The lowest BCUT2D eigenvalue weighted by atomic mass is 10.1. The maximum absolute atomic E-state index is 11.6. The van der Waals surface area contributed by atoms with Gasteiger partial charge in [-0.15, -0.1) is 0 Å². The first kappa shape index (κ1) is 13.2. The molecule has 0 radical (unpaired) electrons. The number of anilines is 1. The highest BCUT2D eigenvalue weighted by Gasteiger charge is 2.16. The molecule has 0 aliphatic rings. The fourth-order valence-electron chi connectivity index (χ4n) is 1.36. The second kappa shape index (κ2) is 5.44. The zero-order chi connectivity index (χ0) is 13.0. The number of aromatic nitrogens is 2. The SMILES string of the molecule is Cc1nn(C)cc1NC(=O)C(N)CCC(=O)O. The summed E-state index contributed by atoms with van der Waals surface area (Å²) in [6.45, 7) is 1.76. The van der Waals surface area contributed by atoms with Gasteiger partial charge in [0.2, 0.25) is 5.91 Å². The molecule has 1 aromatic heterocycles. The molecule has 1 unspecified atom stereocenters. The van der Waals surface area contributed by atoms with Crippen molar-refractivity contribution < 1.29 is 14.7 Å². The first-order valence-electron chi connectivity index (χ1n) is 5.18. The van der Waals surface area contributed by atoms with Crippen molar-refractivity contribution in [3.63, 3.8) is 0 Å². The maximum Gasteiger partial charge on any atom is 0.303 e. The highest BCUT2D eigenvalue weighted by molar-refractivity contribution is 5.95. The Morgan fingerprint density at radius 3 is 2.76 bits per heavy atom. The van der Waals surface area contributed by atoms with Crippen LogP contribution < -0.4 is 11.1 Å². The van der Waals surface area contributed by atoms with Crippen molar-refractivity contribution in [3.8, 4) is 0 Å². The van der Waals surface area contributed by atoms with E-state index in [1.54, 1.807) is 24.9 Å². The Morgan fingerprint density at radius 1 is 1.65 bits per heavy atom. The van der Waals surface area contributed by atoms with Crippen molar-refractivity contribution >= 4 is 17.6 Å². The van der Waals surface area contributed by atoms with Gasteiger partial charge in [-0.05, 0) is 13.3 Å². The number of nitrogens with two attached hydrogens (primary N) is 1. The second-order valence-corrected chi connectivity index (χ2v) is 3.83. The number of hydrogen-bond donors (Lipinski definition) is 3. The van der Waals surface area contributed by atoms with Gasteiger partial charge in [-0.2, -0.15) is 5.10 Å². The van der Waals surface area contributed by atoms with E-state index in [0.29, 0.717) is 11.4 Å². The van der Waals surface area contributed by atoms with Crippen molar-refractivity contribution in [1.82, 2.24) is 9.78 Å². The Balaban J connectivity index is 2.54. The van der Waals surface area contributed by atoms with Gasteiger partial charge < -0.3 is 16.2 Å². The number of carbonyl (C=O) groups excluding carboxylic acids is 1. The minimum Gasteiger partial charge on any atom is -0.481 e. The van der Waals surface area contributed by atoms with Gasteiger partial charge in [0.15, 0.2) is 0 Å². The molecule has 0 saturated carbocycles. The van der Waals surface area contributed by atoms with Crippen LogP contribution in [0.5, 0.6) is 0 Å². The predicted octanol–water partition coefficient (Wildman–Crippen LogP) is -0.141. The van der Waals surface area contributed by atoms with Gasteiger partial charge in [-0.3, -0.25) is 14.3 Å². The number of carboxylic acid groups (broad SMARTS) is 1. The monoisotopic (exact) mass is 240 g/mol. The van der Waals surface area contributed by atoms with Crippen LogP contribution in [0.3, 0.4) is 0 Å². The summed E-state index contributed by atoms with van der Waals surface area (Å²) < 4.78 is 1.58. The molecule has 94 valence electrons. The molecule has 0 bridgehead atoms. The number of aryl methyl sites for hydroxylation is 2. The Kier molecular flexibility index (Phi) is 4.22. The van der Waals surface area contributed by atoms with Crippen LogP contribution in [0.1, 0.15) is 18.5 Å². The number of aliphatic carboxylic acids is 1. The molecule has 1 heterocycles. The first-order valence-corrected chi connectivity index (χ1v) is 5.18. The molecular formula is C10H16N4O3. The van der Waals surface area contributed by atoms with Gasteiger partial charge in [-0.1, -0.05) is 0 Å². The lowest BCUT2D eigenvalue weighted by Crippen LogP contribution is -2.36. The lowest BCUT2D eigenvalue weighted by molar-refractivity contribution is -0.137. The molecule has 0 saturated heterocycles. The standard InChI is InChI=1S/C10H16N4O3/c1-6-8(5-14(2)13-6)12-10(17)7(11)3-4-9(15)16/h5,7H,3-4,11H2,1-2H3,(H,12,17)(H,15,16). The highest BCUT2D eigenvalue weighted by Crippen LogP contribution is 2.11. The summed E-state index contributed by atoms with van der Waals surface area (Å²) in [4.78, 5) is 22.0. The Morgan fingerprint density at radius 2 is 2.29 bits per heavy atom. The van der Waals surface area contributed by atoms with Crippen LogP contribution in [0.2, 0.25) is 0 Å². The van der Waals surface area contributed by atoms with Gasteiger partial charge in [0.05, 0.1) is 17.4 Å². The fourth-order valence-corrected chi connectivity index (χ4v) is 1.36. The summed E-state index contributed by atoms with van der Waals surface area (Å²) in [5.74, 6) is -1.37. The molecule has 1 aromatic rings. The average Bonchev–Trinajstić information content (AvgIpc) is 2.53. The molecule has 0 aromatic carbocycles. The highest BCUT2D eigenvalue weighted by atomic mass is 16.4. The van der Waals surface area contributed by atoms with Crippen LogP contribution in [0.4, 0.5) is 5.69 Å². The molecule has 17 heavy (non-hydrogen) atoms. The van der Waals surface area contributed by atoms with E-state index in [1.165, 1.54) is 0 Å². The number of hydrogen-bond acceptors (Lipinski definition) is 4. The molecule has 0 spiro atoms. The fraction of sp³-hybridized carbons (Fsp3) is 0.500. The molecule has 7 nitrogen and oxygen atoms in total. The lowest BCUT2D eigenvalue weighted by Gasteiger charge is -2.10. The van der Waals surface area contributed by atoms with Gasteiger partial charge in [-0.25, -0.2) is 0 Å². The van der Waals surface area contributed by atoms with Gasteiger partial charge in [0, 0.05) is 19.7 Å². The minimum atomic E-state index is -0.967. The second-order valence-electron chi connectivity index (χ2n) is 3.83. The molecular weight excluding hydrogens is 224 g/mol. The van der Waals surface area contributed by atoms with Crippen LogP contribution >= 0.6 is 0 Å². The average molecular weight is 240 g/mol. The van der Waals surface area contributed by atoms with Crippen molar-refractivity contribution in [2.75, 3.05) is 5.32 Å². The zero-order valence-corrected chi connectivity index (χ0v) is 9.80. The molecule has 4 N–H and O–H groups in total. The van der Waals surface area contributed by atoms with Crippen molar-refractivity contribution in [2.24, 2.45) is 12.8 Å². The van der Waals surface area contributed by atoms with E-state index in [2.05, 4.69) is 10.4 Å². The van der Waals surface area contributed by atoms with Crippen LogP contribution in [0.15, 0.2) is 6.20 Å². The van der Waals surface area contributed by atoms with Gasteiger partial charge in [0.25, 0.3) is 0 Å². The van der Waals surface area contributed by atoms with E-state index < -0.39 is 17.9 Å². The van der Waals surface area contributed by atoms with E-state index >= 15 is 0 Å². The zero-order valence-electron chi connectivity index (χ0n) is 9.80. The number of nitrogens with one attached hydrogen (secondary N) is 1. The summed E-state index contributed by atoms with van der Waals surface area (Å²) in [7, 11) is 1.74. The molecule has 0 aliphatic heterocycles. The van der Waals surface area contributed by atoms with Crippen molar-refractivity contribution in [3.05, 3.63) is 11.9 Å². The molecule has 1 atom stereocenters. The minimum absolute atomic E-state index is 0.112. The summed E-state index contributed by atoms with van der Waals surface area (Å²) in [5.41, 5.74) is 6.84. The van der Waals surface area contributed by atoms with E-state index in [0.717, 1.165) is 0 Å². The number of carbonyl (C=O) groups is 2. The van der Waals surface area contributed by atoms with E-state index in [4.69, 9.17) is 10.8 Å². The van der Waals surface area contributed by atoms with E-state index in [9.17, 15) is 9.59 Å². The van der Waals surface area contributed by atoms with Crippen molar-refractivity contribution in [1.29, 1.82) is 0 Å². The first-order chi connectivity index (χ1) is 7.90. The third-order valence-corrected chi connectivity index (χ3v) is 2.28. The van der Waals surface area contributed by atoms with Crippen LogP contribution in [0.25, 0.3) is 0 Å². The topological polar surface area (TPSA) is 110 Å². The van der Waals surface area contributed by atoms with Gasteiger partial charge >= 0.3 is 5.97 Å². The Bertz CT molecular complexity index is 427. The number of amides is 1. The molecule has 7 heteroatoms. The third kappa shape index (κ3) is 3.87. The van der Waals surface area contributed by atoms with Gasteiger partial charge in [0.1, 0.15) is 0 Å². The molecule has 0 aliphatic carbocycles. The molecule has 1 rings (SSSR count). The maximum atomic E-state index is 11.6. The summed E-state index contributed by atoms with van der Waals surface area (Å²) in [6.07, 6.45) is 1.65. The number of nitrogens with zero attached hydrogens (tertiary/aromatic N) is 2. The van der Waals surface area contributed by atoms with Crippen LogP contribution in [-0.4, -0.2) is 32.8 Å². The third-order valence-electron chi connectivity index (χ3n) is 2.28. The van der Waals surface area contributed by atoms with Crippen LogP contribution in [-0.2, 0) is 16.6 Å².